The fourth-order valence-corrected chi connectivity index (χ4v) is 7.02. The number of fused-ring (bicyclic) bond motifs is 6. The molecule has 26 heavy (non-hydrogen) atoms. The van der Waals surface area contributed by atoms with Crippen LogP contribution in [-0.4, -0.2) is 20.5 Å². The zero-order valence-electron chi connectivity index (χ0n) is 14.3. The molecule has 1 unspecified atom stereocenters. The van der Waals surface area contributed by atoms with E-state index in [1.165, 1.54) is 0 Å². The van der Waals surface area contributed by atoms with Crippen LogP contribution in [0.3, 0.4) is 0 Å². The molecule has 2 bridgehead atoms. The first kappa shape index (κ1) is 15.9. The Hall–Kier alpha value is -2.33. The number of benzene rings is 2. The summed E-state index contributed by atoms with van der Waals surface area (Å²) in [6.45, 7) is 1.97. The van der Waals surface area contributed by atoms with Crippen LogP contribution in [0, 0.1) is 24.7 Å². The van der Waals surface area contributed by atoms with Gasteiger partial charge in [0.25, 0.3) is 0 Å². The van der Waals surface area contributed by atoms with Gasteiger partial charge in [0.05, 0.1) is 16.7 Å². The van der Waals surface area contributed by atoms with Crippen LogP contribution in [0.2, 0.25) is 0 Å². The van der Waals surface area contributed by atoms with Gasteiger partial charge in [0.15, 0.2) is 11.6 Å². The first-order valence-corrected chi connectivity index (χ1v) is 10.0. The van der Waals surface area contributed by atoms with Crippen LogP contribution in [0.1, 0.15) is 32.7 Å². The van der Waals surface area contributed by atoms with E-state index in [4.69, 9.17) is 0 Å². The standard InChI is InChI=1S/C22H18O3S/c1-13-6-10-16(11-7-13)26(25)22-15-9-8-14(12-15)19(22)20(23)17-4-2-3-5-18(17)21(22)24/h2-11,14-15,19H,12H2,1H3/t14-,15+,19+,22-,26?/m1/s1. The fourth-order valence-electron chi connectivity index (χ4n) is 5.01. The molecule has 2 aromatic carbocycles. The first-order valence-electron chi connectivity index (χ1n) is 8.90. The molecule has 0 aromatic heterocycles. The lowest BCUT2D eigenvalue weighted by Gasteiger charge is -2.42. The van der Waals surface area contributed by atoms with Gasteiger partial charge in [-0.25, -0.2) is 0 Å². The number of rotatable bonds is 2. The average Bonchev–Trinajstić information content (AvgIpc) is 3.27. The monoisotopic (exact) mass is 362 g/mol. The number of allylic oxidation sites excluding steroid dienone is 2. The Morgan fingerprint density at radius 2 is 1.65 bits per heavy atom. The highest BCUT2D eigenvalue weighted by Crippen LogP contribution is 2.59. The van der Waals surface area contributed by atoms with Gasteiger partial charge < -0.3 is 0 Å². The van der Waals surface area contributed by atoms with E-state index in [2.05, 4.69) is 0 Å². The molecule has 5 atom stereocenters. The minimum atomic E-state index is -1.58. The van der Waals surface area contributed by atoms with E-state index in [1.54, 1.807) is 24.3 Å². The number of Topliss-reactive ketones (excluding diaryl/α,β-unsaturated/α-hetero) is 2. The van der Waals surface area contributed by atoms with Crippen LogP contribution in [-0.2, 0) is 10.8 Å². The van der Waals surface area contributed by atoms with Gasteiger partial charge in [0.1, 0.15) is 4.75 Å². The minimum Gasteiger partial charge on any atom is -0.294 e. The third-order valence-electron chi connectivity index (χ3n) is 6.17. The van der Waals surface area contributed by atoms with Gasteiger partial charge in [-0.15, -0.1) is 0 Å². The van der Waals surface area contributed by atoms with Crippen molar-refractivity contribution in [2.75, 3.05) is 0 Å². The lowest BCUT2D eigenvalue weighted by atomic mass is 9.68. The number of carbonyl (C=O) groups is 2. The summed E-state index contributed by atoms with van der Waals surface area (Å²) >= 11 is 0. The smallest absolute Gasteiger partial charge is 0.183 e. The third kappa shape index (κ3) is 1.80. The Morgan fingerprint density at radius 3 is 2.38 bits per heavy atom. The maximum atomic E-state index is 13.8. The lowest BCUT2D eigenvalue weighted by molar-refractivity contribution is 0.0752. The number of carbonyl (C=O) groups excluding carboxylic acids is 2. The molecule has 0 radical (unpaired) electrons. The largest absolute Gasteiger partial charge is 0.294 e. The molecule has 0 aliphatic heterocycles. The van der Waals surface area contributed by atoms with E-state index >= 15 is 0 Å². The van der Waals surface area contributed by atoms with Crippen molar-refractivity contribution >= 4 is 22.4 Å². The Labute approximate surface area is 154 Å². The molecule has 5 rings (SSSR count). The van der Waals surface area contributed by atoms with Crippen LogP contribution in [0.4, 0.5) is 0 Å². The van der Waals surface area contributed by atoms with E-state index < -0.39 is 21.5 Å². The summed E-state index contributed by atoms with van der Waals surface area (Å²) in [5.74, 6) is -0.836. The lowest BCUT2D eigenvalue weighted by Crippen LogP contribution is -2.58. The topological polar surface area (TPSA) is 51.2 Å². The maximum absolute atomic E-state index is 13.8. The normalized spacial score (nSPS) is 32.4. The van der Waals surface area contributed by atoms with E-state index in [-0.39, 0.29) is 23.4 Å². The fraction of sp³-hybridized carbons (Fsp3) is 0.273. The van der Waals surface area contributed by atoms with Gasteiger partial charge in [0, 0.05) is 21.9 Å². The molecule has 3 aliphatic rings. The molecule has 0 spiro atoms. The number of hydrogen-bond acceptors (Lipinski definition) is 3. The van der Waals surface area contributed by atoms with Gasteiger partial charge in [-0.05, 0) is 31.4 Å². The van der Waals surface area contributed by atoms with Crippen molar-refractivity contribution in [3.05, 3.63) is 77.4 Å². The molecule has 2 aromatic rings. The zero-order valence-corrected chi connectivity index (χ0v) is 15.2. The summed E-state index contributed by atoms with van der Waals surface area (Å²) in [7, 11) is -1.58. The van der Waals surface area contributed by atoms with Crippen molar-refractivity contribution in [1.29, 1.82) is 0 Å². The molecule has 1 fully saturated rings. The highest BCUT2D eigenvalue weighted by molar-refractivity contribution is 7.87. The second-order valence-electron chi connectivity index (χ2n) is 7.48. The highest BCUT2D eigenvalue weighted by Gasteiger charge is 2.68. The van der Waals surface area contributed by atoms with Gasteiger partial charge in [-0.2, -0.15) is 0 Å². The number of ketones is 2. The summed E-state index contributed by atoms with van der Waals surface area (Å²) in [5, 5.41) is 0. The molecule has 0 heterocycles. The van der Waals surface area contributed by atoms with E-state index in [0.29, 0.717) is 16.0 Å². The molecular formula is C22H18O3S. The van der Waals surface area contributed by atoms with Gasteiger partial charge in [0.2, 0.25) is 0 Å². The highest BCUT2D eigenvalue weighted by atomic mass is 32.2. The van der Waals surface area contributed by atoms with Crippen molar-refractivity contribution in [2.24, 2.45) is 17.8 Å². The molecule has 0 amide bonds. The molecule has 0 saturated heterocycles. The predicted octanol–water partition coefficient (Wildman–Crippen LogP) is 3.74. The summed E-state index contributed by atoms with van der Waals surface area (Å²) < 4.78 is 12.6. The van der Waals surface area contributed by atoms with Crippen LogP contribution in [0.15, 0.2) is 65.6 Å². The van der Waals surface area contributed by atoms with E-state index in [0.717, 1.165) is 12.0 Å². The third-order valence-corrected chi connectivity index (χ3v) is 8.23. The van der Waals surface area contributed by atoms with Crippen LogP contribution < -0.4 is 0 Å². The summed E-state index contributed by atoms with van der Waals surface area (Å²) in [6.07, 6.45) is 4.78. The maximum Gasteiger partial charge on any atom is 0.183 e. The Kier molecular flexibility index (Phi) is 3.26. The number of hydrogen-bond donors (Lipinski definition) is 0. The van der Waals surface area contributed by atoms with Gasteiger partial charge >= 0.3 is 0 Å². The zero-order chi connectivity index (χ0) is 18.1. The van der Waals surface area contributed by atoms with Crippen LogP contribution in [0.5, 0.6) is 0 Å². The van der Waals surface area contributed by atoms with E-state index in [9.17, 15) is 13.8 Å². The van der Waals surface area contributed by atoms with Crippen molar-refractivity contribution in [3.8, 4) is 0 Å². The molecule has 3 aliphatic carbocycles. The molecule has 4 heteroatoms. The first-order chi connectivity index (χ1) is 12.5. The molecule has 3 nitrogen and oxygen atoms in total. The molecular weight excluding hydrogens is 344 g/mol. The SMILES string of the molecule is Cc1ccc(S(=O)[C@@]23C(=O)c4ccccc4C(=O)[C@@H]2[C@@H]2C=C[C@H]3C2)cc1. The van der Waals surface area contributed by atoms with Crippen molar-refractivity contribution in [2.45, 2.75) is 23.0 Å². The molecule has 0 N–H and O–H groups in total. The van der Waals surface area contributed by atoms with Crippen LogP contribution >= 0.6 is 0 Å². The second kappa shape index (κ2) is 5.34. The number of aryl methyl sites for hydroxylation is 1. The second-order valence-corrected chi connectivity index (χ2v) is 9.17. The Bertz CT molecular complexity index is 1000. The summed E-state index contributed by atoms with van der Waals surface area (Å²) in [4.78, 5) is 27.6. The summed E-state index contributed by atoms with van der Waals surface area (Å²) in [6, 6.07) is 14.5. The van der Waals surface area contributed by atoms with Crippen LogP contribution in [0.25, 0.3) is 0 Å². The average molecular weight is 362 g/mol. The summed E-state index contributed by atoms with van der Waals surface area (Å²) in [5.41, 5.74) is 1.99. The predicted molar refractivity (Wildman–Crippen MR) is 99.6 cm³/mol. The minimum absolute atomic E-state index is 0.000737. The van der Waals surface area contributed by atoms with Crippen molar-refractivity contribution in [1.82, 2.24) is 0 Å². The van der Waals surface area contributed by atoms with Gasteiger partial charge in [-0.3, -0.25) is 13.8 Å². The van der Waals surface area contributed by atoms with E-state index in [1.807, 2.05) is 43.3 Å². The quantitative estimate of drug-likeness (QED) is 0.765. The molecule has 1 saturated carbocycles. The molecule has 130 valence electrons. The van der Waals surface area contributed by atoms with Gasteiger partial charge in [-0.1, -0.05) is 54.1 Å². The Balaban J connectivity index is 1.76. The van der Waals surface area contributed by atoms with Crippen molar-refractivity contribution < 1.29 is 13.8 Å². The Morgan fingerprint density at radius 1 is 0.962 bits per heavy atom. The van der Waals surface area contributed by atoms with Crippen molar-refractivity contribution in [3.63, 3.8) is 0 Å².